The Morgan fingerprint density at radius 2 is 1.94 bits per heavy atom. The summed E-state index contributed by atoms with van der Waals surface area (Å²) in [6, 6.07) is 5.23. The Morgan fingerprint density at radius 1 is 1.17 bits per heavy atom. The summed E-state index contributed by atoms with van der Waals surface area (Å²) < 4.78 is 50.8. The molecular formula is C22H20F3N7O3S. The number of pyridine rings is 1. The van der Waals surface area contributed by atoms with E-state index < -0.39 is 11.9 Å². The molecule has 0 unspecified atom stereocenters. The number of benzene rings is 1. The fourth-order valence-electron chi connectivity index (χ4n) is 4.03. The van der Waals surface area contributed by atoms with Crippen molar-refractivity contribution in [3.8, 4) is 17.2 Å². The molecule has 188 valence electrons. The summed E-state index contributed by atoms with van der Waals surface area (Å²) in [7, 11) is 1.34. The summed E-state index contributed by atoms with van der Waals surface area (Å²) in [5.74, 6) is 0.0682. The van der Waals surface area contributed by atoms with E-state index in [4.69, 9.17) is 14.9 Å². The number of carbonyl (C=O) groups is 1. The van der Waals surface area contributed by atoms with E-state index in [0.29, 0.717) is 37.1 Å². The second-order valence-corrected chi connectivity index (χ2v) is 8.71. The molecule has 2 N–H and O–H groups in total. The first kappa shape index (κ1) is 23.9. The summed E-state index contributed by atoms with van der Waals surface area (Å²) in [4.78, 5) is 25.2. The highest BCUT2D eigenvalue weighted by Crippen LogP contribution is 2.37. The number of alkyl halides is 3. The predicted molar refractivity (Wildman–Crippen MR) is 125 cm³/mol. The van der Waals surface area contributed by atoms with Crippen LogP contribution in [0.15, 0.2) is 34.2 Å². The Hall–Kier alpha value is -3.78. The number of piperazine rings is 1. The van der Waals surface area contributed by atoms with Gasteiger partial charge in [-0.1, -0.05) is 11.3 Å². The standard InChI is InChI=1S/C22H20F3N7O3S/c1-34-14-4-2-13(12-3-5-16(22(23,24)25)28-17(12)14)19-29-18(15(10-26)35-19)20(33)31-6-8-32(9-7-31)21-30-27-11-36-21/h2-5,11H,6-10,26H2,1H3. The number of nitrogens with two attached hydrogens (primary N) is 1. The number of oxazole rings is 1. The SMILES string of the molecule is COc1ccc(-c2nc(C(=O)N3CCN(c4nncs4)CC3)c(CN)o2)c2ccc(C(F)(F)F)nc12. The number of ether oxygens (including phenoxy) is 1. The molecule has 0 spiro atoms. The first-order valence-electron chi connectivity index (χ1n) is 10.9. The number of nitrogens with zero attached hydrogens (tertiary/aromatic N) is 6. The zero-order valence-corrected chi connectivity index (χ0v) is 19.8. The van der Waals surface area contributed by atoms with E-state index in [1.807, 2.05) is 4.90 Å². The van der Waals surface area contributed by atoms with Crippen molar-refractivity contribution in [1.29, 1.82) is 0 Å². The Labute approximate surface area is 206 Å². The maximum Gasteiger partial charge on any atom is 0.433 e. The Bertz CT molecular complexity index is 1400. The zero-order valence-electron chi connectivity index (χ0n) is 18.9. The van der Waals surface area contributed by atoms with Gasteiger partial charge in [-0.2, -0.15) is 13.2 Å². The van der Waals surface area contributed by atoms with Crippen LogP contribution >= 0.6 is 11.3 Å². The normalized spacial score (nSPS) is 14.5. The van der Waals surface area contributed by atoms with Crippen molar-refractivity contribution < 1.29 is 27.1 Å². The van der Waals surface area contributed by atoms with Gasteiger partial charge in [-0.25, -0.2) is 9.97 Å². The molecule has 4 aromatic rings. The minimum absolute atomic E-state index is 0.00185. The Balaban J connectivity index is 1.47. The van der Waals surface area contributed by atoms with Gasteiger partial charge in [-0.15, -0.1) is 10.2 Å². The van der Waals surface area contributed by atoms with E-state index in [2.05, 4.69) is 20.2 Å². The number of hydrogen-bond acceptors (Lipinski definition) is 10. The lowest BCUT2D eigenvalue weighted by Crippen LogP contribution is -2.49. The lowest BCUT2D eigenvalue weighted by molar-refractivity contribution is -0.140. The molecule has 0 atom stereocenters. The number of fused-ring (bicyclic) bond motifs is 1. The molecule has 0 bridgehead atoms. The van der Waals surface area contributed by atoms with Crippen LogP contribution in [0.1, 0.15) is 21.9 Å². The molecule has 1 aliphatic rings. The van der Waals surface area contributed by atoms with Gasteiger partial charge in [0.25, 0.3) is 5.91 Å². The molecule has 1 saturated heterocycles. The molecule has 3 aromatic heterocycles. The van der Waals surface area contributed by atoms with Crippen molar-refractivity contribution in [3.63, 3.8) is 0 Å². The smallest absolute Gasteiger partial charge is 0.433 e. The van der Waals surface area contributed by atoms with Crippen LogP contribution < -0.4 is 15.4 Å². The number of rotatable bonds is 5. The van der Waals surface area contributed by atoms with Gasteiger partial charge in [0.2, 0.25) is 11.0 Å². The molecule has 36 heavy (non-hydrogen) atoms. The molecular weight excluding hydrogens is 499 g/mol. The largest absolute Gasteiger partial charge is 0.494 e. The third-order valence-corrected chi connectivity index (χ3v) is 6.58. The molecule has 0 saturated carbocycles. The first-order valence-corrected chi connectivity index (χ1v) is 11.7. The van der Waals surface area contributed by atoms with Crippen LogP contribution in [0, 0.1) is 0 Å². The van der Waals surface area contributed by atoms with Crippen LogP contribution in [0.3, 0.4) is 0 Å². The highest BCUT2D eigenvalue weighted by Gasteiger charge is 2.33. The molecule has 4 heterocycles. The number of halogens is 3. The number of carbonyl (C=O) groups excluding carboxylic acids is 1. The van der Waals surface area contributed by atoms with Gasteiger partial charge in [-0.3, -0.25) is 4.79 Å². The lowest BCUT2D eigenvalue weighted by Gasteiger charge is -2.33. The summed E-state index contributed by atoms with van der Waals surface area (Å²) in [6.07, 6.45) is -4.62. The molecule has 1 aromatic carbocycles. The number of hydrogen-bond donors (Lipinski definition) is 1. The maximum absolute atomic E-state index is 13.3. The molecule has 0 radical (unpaired) electrons. The Kier molecular flexibility index (Phi) is 6.22. The average molecular weight is 520 g/mol. The third kappa shape index (κ3) is 4.33. The van der Waals surface area contributed by atoms with Gasteiger partial charge >= 0.3 is 6.18 Å². The van der Waals surface area contributed by atoms with Gasteiger partial charge in [0.15, 0.2) is 11.5 Å². The molecule has 14 heteroatoms. The minimum Gasteiger partial charge on any atom is -0.494 e. The number of aromatic nitrogens is 4. The van der Waals surface area contributed by atoms with Gasteiger partial charge in [0, 0.05) is 37.1 Å². The summed E-state index contributed by atoms with van der Waals surface area (Å²) >= 11 is 1.43. The first-order chi connectivity index (χ1) is 17.3. The molecule has 1 fully saturated rings. The van der Waals surface area contributed by atoms with E-state index in [1.54, 1.807) is 16.5 Å². The van der Waals surface area contributed by atoms with Crippen LogP contribution in [0.2, 0.25) is 0 Å². The van der Waals surface area contributed by atoms with Gasteiger partial charge < -0.3 is 24.7 Å². The number of anilines is 1. The fourth-order valence-corrected chi connectivity index (χ4v) is 4.64. The van der Waals surface area contributed by atoms with E-state index in [9.17, 15) is 18.0 Å². The maximum atomic E-state index is 13.3. The van der Waals surface area contributed by atoms with E-state index in [-0.39, 0.29) is 41.1 Å². The zero-order chi connectivity index (χ0) is 25.4. The van der Waals surface area contributed by atoms with Gasteiger partial charge in [0.1, 0.15) is 22.5 Å². The van der Waals surface area contributed by atoms with Crippen LogP contribution in [0.4, 0.5) is 18.3 Å². The summed E-state index contributed by atoms with van der Waals surface area (Å²) in [5, 5.41) is 9.03. The minimum atomic E-state index is -4.62. The van der Waals surface area contributed by atoms with Crippen LogP contribution in [0.5, 0.6) is 5.75 Å². The quantitative estimate of drug-likeness (QED) is 0.423. The van der Waals surface area contributed by atoms with Crippen molar-refractivity contribution in [2.75, 3.05) is 38.2 Å². The van der Waals surface area contributed by atoms with Gasteiger partial charge in [0.05, 0.1) is 13.7 Å². The molecule has 5 rings (SSSR count). The van der Waals surface area contributed by atoms with Crippen LogP contribution in [-0.2, 0) is 12.7 Å². The van der Waals surface area contributed by atoms with Crippen molar-refractivity contribution >= 4 is 33.3 Å². The van der Waals surface area contributed by atoms with Crippen molar-refractivity contribution in [2.45, 2.75) is 12.7 Å². The number of amides is 1. The monoisotopic (exact) mass is 519 g/mol. The van der Waals surface area contributed by atoms with E-state index in [0.717, 1.165) is 11.2 Å². The lowest BCUT2D eigenvalue weighted by atomic mass is 10.1. The second-order valence-electron chi connectivity index (χ2n) is 7.90. The fraction of sp³-hybridized carbons (Fsp3) is 0.318. The third-order valence-electron chi connectivity index (χ3n) is 5.83. The highest BCUT2D eigenvalue weighted by atomic mass is 32.1. The Morgan fingerprint density at radius 3 is 2.58 bits per heavy atom. The average Bonchev–Trinajstić information content (AvgIpc) is 3.57. The molecule has 0 aliphatic carbocycles. The topological polar surface area (TPSA) is 124 Å². The predicted octanol–water partition coefficient (Wildman–Crippen LogP) is 3.19. The number of methoxy groups -OCH3 is 1. The highest BCUT2D eigenvalue weighted by molar-refractivity contribution is 7.13. The van der Waals surface area contributed by atoms with Crippen LogP contribution in [-0.4, -0.2) is 64.3 Å². The van der Waals surface area contributed by atoms with Crippen molar-refractivity contribution in [1.82, 2.24) is 25.1 Å². The van der Waals surface area contributed by atoms with Crippen molar-refractivity contribution in [2.24, 2.45) is 5.73 Å². The molecule has 1 aliphatic heterocycles. The van der Waals surface area contributed by atoms with E-state index >= 15 is 0 Å². The summed E-state index contributed by atoms with van der Waals surface area (Å²) in [6.45, 7) is 1.98. The van der Waals surface area contributed by atoms with Crippen molar-refractivity contribution in [3.05, 3.63) is 46.9 Å². The van der Waals surface area contributed by atoms with E-state index in [1.165, 1.54) is 30.6 Å². The summed E-state index contributed by atoms with van der Waals surface area (Å²) in [5.41, 5.74) is 6.87. The second kappa shape index (κ2) is 9.35. The molecule has 10 nitrogen and oxygen atoms in total. The van der Waals surface area contributed by atoms with Gasteiger partial charge in [-0.05, 0) is 24.3 Å². The van der Waals surface area contributed by atoms with Crippen LogP contribution in [0.25, 0.3) is 22.4 Å². The molecule has 1 amide bonds.